The second kappa shape index (κ2) is 5.17. The molecule has 124 valence electrons. The van der Waals surface area contributed by atoms with Gasteiger partial charge in [0.25, 0.3) is 11.5 Å². The summed E-state index contributed by atoms with van der Waals surface area (Å²) in [5, 5.41) is 9.97. The molecule has 0 atom stereocenters. The zero-order valence-corrected chi connectivity index (χ0v) is 13.9. The molecule has 0 radical (unpaired) electrons. The molecule has 0 aromatic carbocycles. The first-order valence-corrected chi connectivity index (χ1v) is 8.33. The maximum absolute atomic E-state index is 12.5. The van der Waals surface area contributed by atoms with Gasteiger partial charge in [0.05, 0.1) is 16.5 Å². The topological polar surface area (TPSA) is 102 Å². The lowest BCUT2D eigenvalue weighted by Crippen LogP contribution is -2.36. The quantitative estimate of drug-likeness (QED) is 0.743. The van der Waals surface area contributed by atoms with Crippen LogP contribution in [0.3, 0.4) is 0 Å². The number of anilines is 1. The van der Waals surface area contributed by atoms with Crippen LogP contribution in [0.4, 0.5) is 5.82 Å². The van der Waals surface area contributed by atoms with E-state index in [4.69, 9.17) is 0 Å². The van der Waals surface area contributed by atoms with Crippen molar-refractivity contribution < 1.29 is 4.79 Å². The molecular weight excluding hydrogens is 330 g/mol. The van der Waals surface area contributed by atoms with Gasteiger partial charge in [-0.25, -0.2) is 4.79 Å². The first-order chi connectivity index (χ1) is 11.5. The summed E-state index contributed by atoms with van der Waals surface area (Å²) >= 11 is 1.12. The Bertz CT molecular complexity index is 1080. The van der Waals surface area contributed by atoms with Crippen LogP contribution in [0.1, 0.15) is 34.0 Å². The van der Waals surface area contributed by atoms with E-state index in [1.165, 1.54) is 17.7 Å². The molecule has 1 fully saturated rings. The highest BCUT2D eigenvalue weighted by atomic mass is 32.1. The number of carbonyl (C=O) groups excluding carboxylic acids is 1. The van der Waals surface area contributed by atoms with Crippen molar-refractivity contribution >= 4 is 33.3 Å². The molecule has 0 unspecified atom stereocenters. The van der Waals surface area contributed by atoms with E-state index in [0.29, 0.717) is 26.8 Å². The molecule has 1 amide bonds. The van der Waals surface area contributed by atoms with Crippen LogP contribution in [0.5, 0.6) is 0 Å². The molecule has 0 aliphatic heterocycles. The minimum atomic E-state index is -0.411. The summed E-state index contributed by atoms with van der Waals surface area (Å²) in [6.45, 7) is 0. The van der Waals surface area contributed by atoms with Gasteiger partial charge in [-0.3, -0.25) is 23.8 Å². The molecule has 9 heteroatoms. The van der Waals surface area contributed by atoms with Crippen LogP contribution in [-0.4, -0.2) is 25.2 Å². The molecule has 0 spiro atoms. The van der Waals surface area contributed by atoms with E-state index in [1.807, 2.05) is 0 Å². The highest BCUT2D eigenvalue weighted by Gasteiger charge is 2.28. The van der Waals surface area contributed by atoms with Gasteiger partial charge in [-0.15, -0.1) is 11.3 Å². The number of hydrogen-bond acceptors (Lipinski definition) is 5. The number of aromatic amines is 1. The Hall–Kier alpha value is -2.68. The number of hydrogen-bond donors (Lipinski definition) is 2. The number of aryl methyl sites for hydroxylation is 1. The molecule has 0 bridgehead atoms. The molecule has 0 saturated heterocycles. The minimum absolute atomic E-state index is 0.322. The van der Waals surface area contributed by atoms with Crippen LogP contribution in [0, 0.1) is 0 Å². The molecule has 3 aromatic heterocycles. The van der Waals surface area contributed by atoms with Gasteiger partial charge in [-0.05, 0) is 24.8 Å². The van der Waals surface area contributed by atoms with Crippen molar-refractivity contribution in [3.8, 4) is 0 Å². The second-order valence-electron chi connectivity index (χ2n) is 5.96. The first kappa shape index (κ1) is 14.9. The molecule has 3 aromatic rings. The normalized spacial score (nSPS) is 14.2. The fourth-order valence-corrected chi connectivity index (χ4v) is 3.75. The summed E-state index contributed by atoms with van der Waals surface area (Å²) in [6.07, 6.45) is 3.94. The molecule has 1 aliphatic rings. The Morgan fingerprint density at radius 2 is 2.08 bits per heavy atom. The van der Waals surface area contributed by atoms with Crippen molar-refractivity contribution in [3.05, 3.63) is 43.5 Å². The number of nitrogens with zero attached hydrogens (tertiary/aromatic N) is 3. The highest BCUT2D eigenvalue weighted by Crippen LogP contribution is 2.42. The van der Waals surface area contributed by atoms with Crippen LogP contribution >= 0.6 is 11.3 Å². The number of rotatable bonds is 3. The summed E-state index contributed by atoms with van der Waals surface area (Å²) in [6, 6.07) is 1.53. The lowest BCUT2D eigenvalue weighted by atomic mass is 10.2. The van der Waals surface area contributed by atoms with Crippen molar-refractivity contribution in [1.82, 2.24) is 19.3 Å². The van der Waals surface area contributed by atoms with E-state index < -0.39 is 11.2 Å². The summed E-state index contributed by atoms with van der Waals surface area (Å²) in [7, 11) is 3.01. The summed E-state index contributed by atoms with van der Waals surface area (Å²) < 4.78 is 2.42. The van der Waals surface area contributed by atoms with Gasteiger partial charge >= 0.3 is 5.69 Å². The Kier molecular flexibility index (Phi) is 3.20. The third kappa shape index (κ3) is 2.20. The van der Waals surface area contributed by atoms with Gasteiger partial charge in [0.2, 0.25) is 0 Å². The van der Waals surface area contributed by atoms with Crippen LogP contribution in [0.2, 0.25) is 0 Å². The molecule has 4 rings (SSSR count). The monoisotopic (exact) mass is 345 g/mol. The Balaban J connectivity index is 1.74. The predicted molar refractivity (Wildman–Crippen MR) is 90.8 cm³/mol. The minimum Gasteiger partial charge on any atom is -0.306 e. The molecule has 2 N–H and O–H groups in total. The molecule has 1 saturated carbocycles. The smallest absolute Gasteiger partial charge is 0.306 e. The van der Waals surface area contributed by atoms with Crippen molar-refractivity contribution in [2.75, 3.05) is 5.32 Å². The lowest BCUT2D eigenvalue weighted by molar-refractivity contribution is 0.103. The number of aromatic nitrogens is 4. The SMILES string of the molecule is Cn1c(=O)c2cc(C(=O)Nc3[nH]ncc3C3CC3)sc2n(C)c1=O. The molecule has 3 heterocycles. The number of carbonyl (C=O) groups is 1. The number of thiophene rings is 1. The summed E-state index contributed by atoms with van der Waals surface area (Å²) in [5.41, 5.74) is 0.197. The van der Waals surface area contributed by atoms with Crippen LogP contribution in [0.25, 0.3) is 10.2 Å². The maximum Gasteiger partial charge on any atom is 0.331 e. The fraction of sp³-hybridized carbons (Fsp3) is 0.333. The Labute approximate surface area is 139 Å². The van der Waals surface area contributed by atoms with E-state index in [-0.39, 0.29) is 5.91 Å². The highest BCUT2D eigenvalue weighted by molar-refractivity contribution is 7.20. The molecule has 8 nitrogen and oxygen atoms in total. The standard InChI is InChI=1S/C15H15N5O3S/c1-19-13(22)8-5-10(24-14(8)20(2)15(19)23)12(21)17-11-9(6-16-18-11)7-3-4-7/h5-7H,3-4H2,1-2H3,(H2,16,17,18,21). The molecule has 24 heavy (non-hydrogen) atoms. The van der Waals surface area contributed by atoms with Crippen LogP contribution in [0.15, 0.2) is 21.9 Å². The van der Waals surface area contributed by atoms with E-state index in [9.17, 15) is 14.4 Å². The average Bonchev–Trinajstić information content (AvgIpc) is 3.14. The maximum atomic E-state index is 12.5. The van der Waals surface area contributed by atoms with Crippen molar-refractivity contribution in [2.24, 2.45) is 14.1 Å². The van der Waals surface area contributed by atoms with E-state index in [0.717, 1.165) is 34.3 Å². The van der Waals surface area contributed by atoms with Gasteiger partial charge in [0.15, 0.2) is 0 Å². The molecule has 1 aliphatic carbocycles. The van der Waals surface area contributed by atoms with Gasteiger partial charge < -0.3 is 5.32 Å². The zero-order chi connectivity index (χ0) is 17.0. The van der Waals surface area contributed by atoms with Crippen molar-refractivity contribution in [1.29, 1.82) is 0 Å². The van der Waals surface area contributed by atoms with Crippen LogP contribution in [-0.2, 0) is 14.1 Å². The number of fused-ring (bicyclic) bond motifs is 1. The van der Waals surface area contributed by atoms with Gasteiger partial charge in [0, 0.05) is 19.7 Å². The largest absolute Gasteiger partial charge is 0.331 e. The zero-order valence-electron chi connectivity index (χ0n) is 13.1. The number of amides is 1. The Morgan fingerprint density at radius 3 is 2.79 bits per heavy atom. The third-order valence-corrected chi connectivity index (χ3v) is 5.48. The first-order valence-electron chi connectivity index (χ1n) is 7.51. The lowest BCUT2D eigenvalue weighted by Gasteiger charge is -2.03. The van der Waals surface area contributed by atoms with E-state index >= 15 is 0 Å². The summed E-state index contributed by atoms with van der Waals surface area (Å²) in [5.74, 6) is 0.730. The van der Waals surface area contributed by atoms with Crippen LogP contribution < -0.4 is 16.6 Å². The molecular formula is C15H15N5O3S. The second-order valence-corrected chi connectivity index (χ2v) is 6.99. The van der Waals surface area contributed by atoms with Crippen molar-refractivity contribution in [3.63, 3.8) is 0 Å². The Morgan fingerprint density at radius 1 is 1.33 bits per heavy atom. The van der Waals surface area contributed by atoms with Gasteiger partial charge in [-0.1, -0.05) is 0 Å². The van der Waals surface area contributed by atoms with Gasteiger partial charge in [-0.2, -0.15) is 5.10 Å². The van der Waals surface area contributed by atoms with Gasteiger partial charge in [0.1, 0.15) is 10.6 Å². The summed E-state index contributed by atoms with van der Waals surface area (Å²) in [4.78, 5) is 37.6. The van der Waals surface area contributed by atoms with Crippen molar-refractivity contribution in [2.45, 2.75) is 18.8 Å². The fourth-order valence-electron chi connectivity index (χ4n) is 2.75. The third-order valence-electron chi connectivity index (χ3n) is 4.27. The van der Waals surface area contributed by atoms with E-state index in [2.05, 4.69) is 15.5 Å². The predicted octanol–water partition coefficient (Wildman–Crippen LogP) is 1.15. The number of H-pyrrole nitrogens is 1. The van der Waals surface area contributed by atoms with E-state index in [1.54, 1.807) is 13.2 Å². The number of nitrogens with one attached hydrogen (secondary N) is 2. The average molecular weight is 345 g/mol.